The molecule has 44 valence electrons. The van der Waals surface area contributed by atoms with Crippen LogP contribution >= 0.6 is 0 Å². The van der Waals surface area contributed by atoms with E-state index >= 15 is 0 Å². The molecule has 0 spiro atoms. The van der Waals surface area contributed by atoms with Gasteiger partial charge in [-0.25, -0.2) is 0 Å². The van der Waals surface area contributed by atoms with Crippen LogP contribution in [0.2, 0.25) is 0 Å². The molecule has 0 aliphatic rings. The van der Waals surface area contributed by atoms with E-state index in [9.17, 15) is 0 Å². The summed E-state index contributed by atoms with van der Waals surface area (Å²) in [4.78, 5) is 0. The second-order valence-electron chi connectivity index (χ2n) is 1.43. The van der Waals surface area contributed by atoms with E-state index in [0.29, 0.717) is 6.61 Å². The molecule has 0 aromatic carbocycles. The fraction of sp³-hybridized carbons (Fsp3) is 1.00. The summed E-state index contributed by atoms with van der Waals surface area (Å²) in [6, 6.07) is 0. The highest BCUT2D eigenvalue weighted by molar-refractivity contribution is 4.39. The lowest BCUT2D eigenvalue weighted by atomic mass is 10.4. The van der Waals surface area contributed by atoms with Crippen LogP contribution in [0.1, 0.15) is 13.3 Å². The van der Waals surface area contributed by atoms with Gasteiger partial charge in [-0.05, 0) is 19.5 Å². The molecule has 2 N–H and O–H groups in total. The maximum atomic E-state index is 8.25. The van der Waals surface area contributed by atoms with Crippen LogP contribution in [-0.2, 0) is 0 Å². The third-order valence-corrected chi connectivity index (χ3v) is 0.762. The molecule has 2 nitrogen and oxygen atoms in total. The molecule has 0 aliphatic heterocycles. The molecule has 7 heavy (non-hydrogen) atoms. The topological polar surface area (TPSA) is 32.3 Å². The smallest absolute Gasteiger partial charge is 0.0443 e. The highest BCUT2D eigenvalue weighted by Crippen LogP contribution is 1.68. The Balaban J connectivity index is 2.45. The number of hydrogen-bond acceptors (Lipinski definition) is 2. The maximum absolute atomic E-state index is 8.25. The molecule has 0 aromatic heterocycles. The zero-order valence-electron chi connectivity index (χ0n) is 4.78. The number of aliphatic hydroxyl groups excluding tert-OH is 1. The van der Waals surface area contributed by atoms with Gasteiger partial charge in [0.05, 0.1) is 0 Å². The lowest BCUT2D eigenvalue weighted by Gasteiger charge is -1.94. The van der Waals surface area contributed by atoms with E-state index in [4.69, 9.17) is 5.11 Å². The third-order valence-electron chi connectivity index (χ3n) is 0.762. The van der Waals surface area contributed by atoms with Crippen molar-refractivity contribution in [2.24, 2.45) is 0 Å². The molecule has 0 atom stereocenters. The number of rotatable bonds is 4. The molecule has 0 radical (unpaired) electrons. The summed E-state index contributed by atoms with van der Waals surface area (Å²) in [7, 11) is 0. The van der Waals surface area contributed by atoms with Gasteiger partial charge in [-0.15, -0.1) is 0 Å². The summed E-state index contributed by atoms with van der Waals surface area (Å²) in [5.41, 5.74) is 0. The van der Waals surface area contributed by atoms with Gasteiger partial charge < -0.3 is 10.4 Å². The monoisotopic (exact) mass is 103 g/mol. The van der Waals surface area contributed by atoms with E-state index < -0.39 is 0 Å². The van der Waals surface area contributed by atoms with Gasteiger partial charge in [0.2, 0.25) is 0 Å². The first kappa shape index (κ1) is 6.92. The van der Waals surface area contributed by atoms with Crippen LogP contribution in [-0.4, -0.2) is 24.8 Å². The van der Waals surface area contributed by atoms with Gasteiger partial charge >= 0.3 is 0 Å². The van der Waals surface area contributed by atoms with Gasteiger partial charge in [-0.2, -0.15) is 0 Å². The van der Waals surface area contributed by atoms with Crippen LogP contribution in [0.25, 0.3) is 0 Å². The highest BCUT2D eigenvalue weighted by Gasteiger charge is 1.78. The first-order chi connectivity index (χ1) is 3.41. The molecule has 0 aliphatic carbocycles. The Labute approximate surface area is 44.5 Å². The lowest BCUT2D eigenvalue weighted by molar-refractivity contribution is 0.286. The van der Waals surface area contributed by atoms with E-state index in [2.05, 4.69) is 12.2 Å². The molecule has 0 amide bonds. The molecule has 0 fully saturated rings. The summed E-state index contributed by atoms with van der Waals surface area (Å²) in [5, 5.41) is 11.3. The Morgan fingerprint density at radius 3 is 2.71 bits per heavy atom. The summed E-state index contributed by atoms with van der Waals surface area (Å²) in [6.45, 7) is 4.29. The quantitative estimate of drug-likeness (QED) is 0.490. The van der Waals surface area contributed by atoms with Crippen LogP contribution in [0.5, 0.6) is 0 Å². The molecule has 0 heterocycles. The normalized spacial score (nSPS) is 9.43. The predicted molar refractivity (Wildman–Crippen MR) is 30.2 cm³/mol. The Morgan fingerprint density at radius 2 is 2.29 bits per heavy atom. The molecule has 0 unspecified atom stereocenters. The number of hydrogen-bond donors (Lipinski definition) is 2. The van der Waals surface area contributed by atoms with E-state index in [1.165, 1.54) is 0 Å². The largest absolute Gasteiger partial charge is 0.396 e. The zero-order valence-corrected chi connectivity index (χ0v) is 4.78. The van der Waals surface area contributed by atoms with Crippen LogP contribution in [0.4, 0.5) is 0 Å². The van der Waals surface area contributed by atoms with Gasteiger partial charge in [0.1, 0.15) is 0 Å². The van der Waals surface area contributed by atoms with Crippen molar-refractivity contribution in [1.29, 1.82) is 0 Å². The Bertz CT molecular complexity index is 27.3. The highest BCUT2D eigenvalue weighted by atomic mass is 16.3. The Hall–Kier alpha value is -0.0800. The number of aliphatic hydroxyl groups is 1. The molecular formula is C5H13NO. The average Bonchev–Trinajstić information content (AvgIpc) is 1.69. The van der Waals surface area contributed by atoms with Crippen molar-refractivity contribution in [2.75, 3.05) is 19.7 Å². The van der Waals surface area contributed by atoms with E-state index in [1.54, 1.807) is 0 Å². The Kier molecular flexibility index (Phi) is 5.85. The van der Waals surface area contributed by atoms with Gasteiger partial charge in [0, 0.05) is 6.61 Å². The van der Waals surface area contributed by atoms with E-state index in [1.807, 2.05) is 0 Å². The van der Waals surface area contributed by atoms with Crippen LogP contribution in [0, 0.1) is 0 Å². The maximum Gasteiger partial charge on any atom is 0.0443 e. The van der Waals surface area contributed by atoms with Crippen molar-refractivity contribution < 1.29 is 5.11 Å². The van der Waals surface area contributed by atoms with E-state index in [-0.39, 0.29) is 0 Å². The lowest BCUT2D eigenvalue weighted by Crippen LogP contribution is -2.14. The number of nitrogens with one attached hydrogen (secondary N) is 1. The van der Waals surface area contributed by atoms with Gasteiger partial charge in [-0.3, -0.25) is 0 Å². The van der Waals surface area contributed by atoms with Crippen LogP contribution in [0.3, 0.4) is 0 Å². The van der Waals surface area contributed by atoms with Crippen molar-refractivity contribution >= 4 is 0 Å². The third kappa shape index (κ3) is 5.92. The van der Waals surface area contributed by atoms with Gasteiger partial charge in [-0.1, -0.05) is 6.92 Å². The van der Waals surface area contributed by atoms with Gasteiger partial charge in [0.25, 0.3) is 0 Å². The van der Waals surface area contributed by atoms with Crippen molar-refractivity contribution in [2.45, 2.75) is 13.3 Å². The first-order valence-electron chi connectivity index (χ1n) is 2.73. The first-order valence-corrected chi connectivity index (χ1v) is 2.73. The summed E-state index contributed by atoms with van der Waals surface area (Å²) in [6.07, 6.45) is 0.869. The standard InChI is InChI=1S/C5H13NO/c1-2-6-4-3-5-7/h6-7H,2-5H2,1H3. The minimum Gasteiger partial charge on any atom is -0.396 e. The molecule has 0 aromatic rings. The second-order valence-corrected chi connectivity index (χ2v) is 1.43. The summed E-state index contributed by atoms with van der Waals surface area (Å²) < 4.78 is 0. The average molecular weight is 103 g/mol. The second kappa shape index (κ2) is 5.92. The molecule has 0 rings (SSSR count). The molecule has 0 bridgehead atoms. The van der Waals surface area contributed by atoms with Gasteiger partial charge in [0.15, 0.2) is 0 Å². The fourth-order valence-corrected chi connectivity index (χ4v) is 0.381. The molecule has 2 heteroatoms. The molecular weight excluding hydrogens is 90.1 g/mol. The van der Waals surface area contributed by atoms with Crippen molar-refractivity contribution in [1.82, 2.24) is 5.32 Å². The van der Waals surface area contributed by atoms with Crippen LogP contribution in [0.15, 0.2) is 0 Å². The zero-order chi connectivity index (χ0) is 5.54. The SMILES string of the molecule is CCNCCCO. The van der Waals surface area contributed by atoms with Crippen LogP contribution < -0.4 is 5.32 Å². The predicted octanol–water partition coefficient (Wildman–Crippen LogP) is -0.0217. The fourth-order valence-electron chi connectivity index (χ4n) is 0.381. The van der Waals surface area contributed by atoms with E-state index in [0.717, 1.165) is 19.5 Å². The molecule has 0 saturated heterocycles. The van der Waals surface area contributed by atoms with Crippen molar-refractivity contribution in [3.05, 3.63) is 0 Å². The minimum absolute atomic E-state index is 0.299. The Morgan fingerprint density at radius 1 is 1.57 bits per heavy atom. The summed E-state index contributed by atoms with van der Waals surface area (Å²) in [5.74, 6) is 0. The minimum atomic E-state index is 0.299. The molecule has 0 saturated carbocycles. The van der Waals surface area contributed by atoms with Crippen molar-refractivity contribution in [3.63, 3.8) is 0 Å². The van der Waals surface area contributed by atoms with Crippen molar-refractivity contribution in [3.8, 4) is 0 Å². The summed E-state index contributed by atoms with van der Waals surface area (Å²) >= 11 is 0.